The Bertz CT molecular complexity index is 880. The molecule has 2 bridgehead atoms. The second-order valence-electron chi connectivity index (χ2n) is 9.51. The quantitative estimate of drug-likeness (QED) is 0.587. The van der Waals surface area contributed by atoms with Crippen LogP contribution in [0.5, 0.6) is 5.75 Å². The van der Waals surface area contributed by atoms with Crippen LogP contribution in [0.1, 0.15) is 39.7 Å². The number of allylic oxidation sites excluding steroid dienone is 4. The minimum absolute atomic E-state index is 0.0288. The fourth-order valence-corrected chi connectivity index (χ4v) is 5.39. The number of hydrogen-bond acceptors (Lipinski definition) is 4. The van der Waals surface area contributed by atoms with Crippen LogP contribution in [0.3, 0.4) is 0 Å². The average molecular weight is 378 g/mol. The zero-order valence-electron chi connectivity index (χ0n) is 17.2. The van der Waals surface area contributed by atoms with Crippen LogP contribution in [-0.4, -0.2) is 31.2 Å². The largest absolute Gasteiger partial charge is 0.497 e. The van der Waals surface area contributed by atoms with Crippen molar-refractivity contribution in [1.82, 2.24) is 0 Å². The molecular formula is C23H27BO4. The highest BCUT2D eigenvalue weighted by Crippen LogP contribution is 2.59. The van der Waals surface area contributed by atoms with Gasteiger partial charge in [-0.25, -0.2) is 0 Å². The Morgan fingerprint density at radius 1 is 0.964 bits per heavy atom. The summed E-state index contributed by atoms with van der Waals surface area (Å²) in [5.74, 6) is 2.00. The summed E-state index contributed by atoms with van der Waals surface area (Å²) < 4.78 is 18.2. The van der Waals surface area contributed by atoms with Crippen LogP contribution in [0, 0.1) is 23.7 Å². The van der Waals surface area contributed by atoms with Crippen molar-refractivity contribution in [3.05, 3.63) is 47.5 Å². The van der Waals surface area contributed by atoms with Gasteiger partial charge in [0.1, 0.15) is 5.75 Å². The van der Waals surface area contributed by atoms with Crippen molar-refractivity contribution in [1.29, 1.82) is 0 Å². The van der Waals surface area contributed by atoms with Gasteiger partial charge in [0.2, 0.25) is 0 Å². The Morgan fingerprint density at radius 3 is 2.11 bits per heavy atom. The molecule has 2 fully saturated rings. The maximum Gasteiger partial charge on any atom is 0.491 e. The van der Waals surface area contributed by atoms with Crippen molar-refractivity contribution in [3.63, 3.8) is 0 Å². The smallest absolute Gasteiger partial charge is 0.491 e. The molecular weight excluding hydrogens is 351 g/mol. The number of methoxy groups -OCH3 is 1. The SMILES string of the molecule is COc1ccc(C2=C(B3OC(C)(C)C(C)(C)O3)[C@@H]3[C@H](C2=O)[C@H]2C=C[C@@H]3C2)cc1. The number of Topliss-reactive ketones (excluding diaryl/α,β-unsaturated/α-hetero) is 1. The van der Waals surface area contributed by atoms with Crippen molar-refractivity contribution in [3.8, 4) is 5.75 Å². The molecule has 1 heterocycles. The summed E-state index contributed by atoms with van der Waals surface area (Å²) in [6.07, 6.45) is 5.60. The number of hydrogen-bond donors (Lipinski definition) is 0. The van der Waals surface area contributed by atoms with E-state index < -0.39 is 18.3 Å². The standard InChI is InChI=1S/C23H27BO4/c1-22(2)23(3,4)28-24(27-22)20-17-14-6-7-15(12-14)18(17)21(25)19(20)13-8-10-16(26-5)11-9-13/h6-11,14-15,17-18H,12H2,1-5H3/t14-,15+,17+,18-/m1/s1. The number of benzene rings is 1. The minimum Gasteiger partial charge on any atom is -0.497 e. The Kier molecular flexibility index (Phi) is 3.79. The molecule has 4 atom stereocenters. The van der Waals surface area contributed by atoms with E-state index in [2.05, 4.69) is 39.8 Å². The first-order chi connectivity index (χ1) is 13.2. The van der Waals surface area contributed by atoms with E-state index in [-0.39, 0.29) is 17.6 Å². The summed E-state index contributed by atoms with van der Waals surface area (Å²) >= 11 is 0. The topological polar surface area (TPSA) is 44.8 Å². The Hall–Kier alpha value is -1.85. The Balaban J connectivity index is 1.64. The zero-order valence-corrected chi connectivity index (χ0v) is 17.2. The number of ketones is 1. The number of rotatable bonds is 3. The van der Waals surface area contributed by atoms with Crippen LogP contribution in [0.4, 0.5) is 0 Å². The number of ether oxygens (including phenoxy) is 1. The molecule has 0 N–H and O–H groups in total. The fourth-order valence-electron chi connectivity index (χ4n) is 5.39. The summed E-state index contributed by atoms with van der Waals surface area (Å²) in [5, 5.41) is 0. The van der Waals surface area contributed by atoms with Crippen molar-refractivity contribution < 1.29 is 18.8 Å². The van der Waals surface area contributed by atoms with E-state index >= 15 is 0 Å². The first-order valence-electron chi connectivity index (χ1n) is 10.2. The van der Waals surface area contributed by atoms with Gasteiger partial charge in [-0.2, -0.15) is 0 Å². The first-order valence-corrected chi connectivity index (χ1v) is 10.2. The maximum absolute atomic E-state index is 13.6. The molecule has 1 aliphatic heterocycles. The highest BCUT2D eigenvalue weighted by molar-refractivity contribution is 6.59. The summed E-state index contributed by atoms with van der Waals surface area (Å²) in [4.78, 5) is 13.6. The van der Waals surface area contributed by atoms with Gasteiger partial charge in [-0.1, -0.05) is 24.3 Å². The highest BCUT2D eigenvalue weighted by atomic mass is 16.7. The third-order valence-electron chi connectivity index (χ3n) is 7.54. The zero-order chi connectivity index (χ0) is 19.8. The molecule has 0 radical (unpaired) electrons. The van der Waals surface area contributed by atoms with Gasteiger partial charge in [0.05, 0.1) is 18.3 Å². The van der Waals surface area contributed by atoms with Crippen LogP contribution < -0.4 is 4.74 Å². The van der Waals surface area contributed by atoms with Crippen molar-refractivity contribution in [2.75, 3.05) is 7.11 Å². The van der Waals surface area contributed by atoms with Crippen LogP contribution in [0.25, 0.3) is 5.57 Å². The van der Waals surface area contributed by atoms with Gasteiger partial charge >= 0.3 is 7.12 Å². The van der Waals surface area contributed by atoms with Crippen LogP contribution >= 0.6 is 0 Å². The van der Waals surface area contributed by atoms with E-state index in [4.69, 9.17) is 14.0 Å². The number of carbonyl (C=O) groups excluding carboxylic acids is 1. The van der Waals surface area contributed by atoms with Crippen LogP contribution in [0.2, 0.25) is 0 Å². The molecule has 4 aliphatic rings. The van der Waals surface area contributed by atoms with Gasteiger partial charge in [0, 0.05) is 11.5 Å². The molecule has 0 aromatic heterocycles. The molecule has 4 nitrogen and oxygen atoms in total. The van der Waals surface area contributed by atoms with Gasteiger partial charge in [-0.05, 0) is 75.0 Å². The first kappa shape index (κ1) is 18.2. The lowest BCUT2D eigenvalue weighted by molar-refractivity contribution is -0.117. The summed E-state index contributed by atoms with van der Waals surface area (Å²) in [5.41, 5.74) is 1.93. The van der Waals surface area contributed by atoms with Gasteiger partial charge in [0.25, 0.3) is 0 Å². The van der Waals surface area contributed by atoms with E-state index in [1.54, 1.807) is 7.11 Å². The predicted molar refractivity (Wildman–Crippen MR) is 109 cm³/mol. The summed E-state index contributed by atoms with van der Waals surface area (Å²) in [6, 6.07) is 7.79. The second-order valence-corrected chi connectivity index (χ2v) is 9.51. The van der Waals surface area contributed by atoms with Crippen LogP contribution in [0.15, 0.2) is 41.9 Å². The van der Waals surface area contributed by atoms with E-state index in [1.807, 2.05) is 24.3 Å². The fraction of sp³-hybridized carbons (Fsp3) is 0.522. The molecule has 146 valence electrons. The molecule has 5 rings (SSSR count). The molecule has 0 unspecified atom stereocenters. The number of fused-ring (bicyclic) bond motifs is 5. The average Bonchev–Trinajstić information content (AvgIpc) is 3.36. The van der Waals surface area contributed by atoms with E-state index in [9.17, 15) is 4.79 Å². The van der Waals surface area contributed by atoms with Gasteiger partial charge in [-0.15, -0.1) is 0 Å². The molecule has 1 aromatic carbocycles. The third kappa shape index (κ3) is 2.36. The van der Waals surface area contributed by atoms with Gasteiger partial charge in [0.15, 0.2) is 5.78 Å². The molecule has 0 amide bonds. The Labute approximate surface area is 167 Å². The Morgan fingerprint density at radius 2 is 1.54 bits per heavy atom. The van der Waals surface area contributed by atoms with E-state index in [0.29, 0.717) is 11.8 Å². The van der Waals surface area contributed by atoms with Crippen molar-refractivity contribution in [2.45, 2.75) is 45.3 Å². The van der Waals surface area contributed by atoms with Gasteiger partial charge in [-0.3, -0.25) is 4.79 Å². The normalized spacial score (nSPS) is 34.5. The lowest BCUT2D eigenvalue weighted by atomic mass is 9.66. The third-order valence-corrected chi connectivity index (χ3v) is 7.54. The molecule has 1 aromatic rings. The maximum atomic E-state index is 13.6. The highest BCUT2D eigenvalue weighted by Gasteiger charge is 2.62. The van der Waals surface area contributed by atoms with Crippen molar-refractivity contribution in [2.24, 2.45) is 23.7 Å². The monoisotopic (exact) mass is 378 g/mol. The molecule has 3 aliphatic carbocycles. The summed E-state index contributed by atoms with van der Waals surface area (Å²) in [7, 11) is 1.17. The lowest BCUT2D eigenvalue weighted by Crippen LogP contribution is -2.41. The molecule has 1 saturated carbocycles. The molecule has 5 heteroatoms. The van der Waals surface area contributed by atoms with Crippen molar-refractivity contribution >= 4 is 18.5 Å². The van der Waals surface area contributed by atoms with E-state index in [0.717, 1.165) is 28.8 Å². The molecule has 0 spiro atoms. The van der Waals surface area contributed by atoms with E-state index in [1.165, 1.54) is 0 Å². The van der Waals surface area contributed by atoms with Crippen LogP contribution in [-0.2, 0) is 14.1 Å². The lowest BCUT2D eigenvalue weighted by Gasteiger charge is -2.32. The molecule has 28 heavy (non-hydrogen) atoms. The minimum atomic E-state index is -0.478. The predicted octanol–water partition coefficient (Wildman–Crippen LogP) is 4.10. The molecule has 1 saturated heterocycles. The van der Waals surface area contributed by atoms with Gasteiger partial charge < -0.3 is 14.0 Å². The number of carbonyl (C=O) groups is 1. The summed E-state index contributed by atoms with van der Waals surface area (Å²) in [6.45, 7) is 8.26. The second kappa shape index (κ2) is 5.83.